The molecule has 2 aromatic rings. The first-order valence-corrected chi connectivity index (χ1v) is 7.15. The van der Waals surface area contributed by atoms with Crippen molar-refractivity contribution >= 4 is 17.8 Å². The highest BCUT2D eigenvalue weighted by molar-refractivity contribution is 6.16. The normalized spacial score (nSPS) is 15.2. The van der Waals surface area contributed by atoms with Crippen LogP contribution in [0.3, 0.4) is 0 Å². The Morgan fingerprint density at radius 2 is 1.86 bits per heavy atom. The molecule has 0 unspecified atom stereocenters. The first kappa shape index (κ1) is 14.3. The van der Waals surface area contributed by atoms with Crippen LogP contribution in [0.2, 0.25) is 0 Å². The molecule has 0 saturated carbocycles. The first-order chi connectivity index (χ1) is 10.5. The number of rotatable bonds is 2. The minimum absolute atomic E-state index is 0.0105. The van der Waals surface area contributed by atoms with Crippen molar-refractivity contribution in [2.45, 2.75) is 20.3 Å². The molecule has 3 nitrogen and oxygen atoms in total. The van der Waals surface area contributed by atoms with E-state index in [0.717, 1.165) is 22.3 Å². The first-order valence-electron chi connectivity index (χ1n) is 7.15. The molecule has 0 amide bonds. The largest absolute Gasteiger partial charge is 0.478 e. The van der Waals surface area contributed by atoms with Crippen LogP contribution in [-0.4, -0.2) is 16.9 Å². The van der Waals surface area contributed by atoms with Crippen LogP contribution in [0.4, 0.5) is 0 Å². The van der Waals surface area contributed by atoms with E-state index in [-0.39, 0.29) is 11.3 Å². The molecule has 3 heteroatoms. The average Bonchev–Trinajstić information content (AvgIpc) is 2.80. The van der Waals surface area contributed by atoms with E-state index >= 15 is 0 Å². The fraction of sp³-hybridized carbons (Fsp3) is 0.158. The maximum Gasteiger partial charge on any atom is 0.336 e. The van der Waals surface area contributed by atoms with E-state index in [4.69, 9.17) is 0 Å². The average molecular weight is 292 g/mol. The molecule has 0 aliphatic heterocycles. The molecular formula is C19H16O3. The summed E-state index contributed by atoms with van der Waals surface area (Å²) in [4.78, 5) is 23.9. The van der Waals surface area contributed by atoms with Gasteiger partial charge in [-0.15, -0.1) is 0 Å². The molecule has 0 aromatic heterocycles. The van der Waals surface area contributed by atoms with Gasteiger partial charge in [0.1, 0.15) is 0 Å². The lowest BCUT2D eigenvalue weighted by Crippen LogP contribution is -2.02. The molecule has 110 valence electrons. The van der Waals surface area contributed by atoms with E-state index < -0.39 is 5.97 Å². The fourth-order valence-corrected chi connectivity index (χ4v) is 2.90. The summed E-state index contributed by atoms with van der Waals surface area (Å²) < 4.78 is 0. The number of benzene rings is 2. The van der Waals surface area contributed by atoms with Gasteiger partial charge >= 0.3 is 5.97 Å². The molecule has 22 heavy (non-hydrogen) atoms. The maximum absolute atomic E-state index is 12.6. The van der Waals surface area contributed by atoms with Gasteiger partial charge in [-0.25, -0.2) is 4.79 Å². The van der Waals surface area contributed by atoms with E-state index in [1.807, 2.05) is 26.0 Å². The number of aryl methyl sites for hydroxylation is 1. The van der Waals surface area contributed by atoms with E-state index in [1.54, 1.807) is 30.3 Å². The monoisotopic (exact) mass is 292 g/mol. The Balaban J connectivity index is 2.08. The van der Waals surface area contributed by atoms with Crippen LogP contribution in [0.1, 0.15) is 43.0 Å². The Bertz CT molecular complexity index is 829. The summed E-state index contributed by atoms with van der Waals surface area (Å²) in [6, 6.07) is 10.8. The van der Waals surface area contributed by atoms with E-state index in [0.29, 0.717) is 17.6 Å². The van der Waals surface area contributed by atoms with Gasteiger partial charge in [0.2, 0.25) is 0 Å². The lowest BCUT2D eigenvalue weighted by molar-refractivity contribution is 0.0696. The van der Waals surface area contributed by atoms with Gasteiger partial charge in [0.05, 0.1) is 5.56 Å². The Morgan fingerprint density at radius 3 is 2.59 bits per heavy atom. The Labute approximate surface area is 128 Å². The molecule has 0 bridgehead atoms. The smallest absolute Gasteiger partial charge is 0.336 e. The van der Waals surface area contributed by atoms with Crippen molar-refractivity contribution in [3.8, 4) is 0 Å². The number of carboxylic acids is 1. The molecule has 1 N–H and O–H groups in total. The molecule has 0 radical (unpaired) electrons. The number of Topliss-reactive ketones (excluding diaryl/α,β-unsaturated/α-hetero) is 1. The predicted octanol–water partition coefficient (Wildman–Crippen LogP) is 3.82. The van der Waals surface area contributed by atoms with Gasteiger partial charge in [0.15, 0.2) is 5.78 Å². The highest BCUT2D eigenvalue weighted by atomic mass is 16.4. The standard InChI is InChI=1S/C19H16O3/c1-11-7-8-14-10-15(18(20)17(14)12(11)2)9-13-5-3-4-6-16(13)19(21)22/h3-9H,10H2,1-2H3,(H,21,22)/b15-9+. The van der Waals surface area contributed by atoms with Crippen LogP contribution in [0, 0.1) is 13.8 Å². The fourth-order valence-electron chi connectivity index (χ4n) is 2.90. The second kappa shape index (κ2) is 5.26. The van der Waals surface area contributed by atoms with Crippen molar-refractivity contribution in [2.24, 2.45) is 0 Å². The van der Waals surface area contributed by atoms with Gasteiger partial charge in [-0.05, 0) is 48.2 Å². The maximum atomic E-state index is 12.6. The van der Waals surface area contributed by atoms with Crippen LogP contribution in [0.25, 0.3) is 6.08 Å². The van der Waals surface area contributed by atoms with Gasteiger partial charge in [0.25, 0.3) is 0 Å². The molecule has 1 aliphatic carbocycles. The second-order valence-electron chi connectivity index (χ2n) is 5.61. The molecule has 0 heterocycles. The van der Waals surface area contributed by atoms with Crippen LogP contribution in [0.5, 0.6) is 0 Å². The zero-order valence-corrected chi connectivity index (χ0v) is 12.5. The Kier molecular flexibility index (Phi) is 3.41. The molecule has 0 atom stereocenters. The third-order valence-electron chi connectivity index (χ3n) is 4.24. The van der Waals surface area contributed by atoms with Crippen molar-refractivity contribution < 1.29 is 14.7 Å². The molecule has 2 aromatic carbocycles. The van der Waals surface area contributed by atoms with E-state index in [2.05, 4.69) is 0 Å². The second-order valence-corrected chi connectivity index (χ2v) is 5.61. The number of carboxylic acid groups (broad SMARTS) is 1. The number of aromatic carboxylic acids is 1. The molecule has 0 spiro atoms. The predicted molar refractivity (Wildman–Crippen MR) is 85.3 cm³/mol. The van der Waals surface area contributed by atoms with Gasteiger partial charge in [0, 0.05) is 17.6 Å². The number of fused-ring (bicyclic) bond motifs is 1. The number of carbonyl (C=O) groups is 2. The summed E-state index contributed by atoms with van der Waals surface area (Å²) in [5, 5.41) is 9.25. The lowest BCUT2D eigenvalue weighted by atomic mass is 9.99. The summed E-state index contributed by atoms with van der Waals surface area (Å²) in [5.74, 6) is -0.973. The highest BCUT2D eigenvalue weighted by Gasteiger charge is 2.27. The topological polar surface area (TPSA) is 54.4 Å². The number of hydrogen-bond donors (Lipinski definition) is 1. The SMILES string of the molecule is Cc1ccc2c(c1C)C(=O)/C(=C/c1ccccc1C(=O)O)C2. The summed E-state index contributed by atoms with van der Waals surface area (Å²) in [6.07, 6.45) is 2.27. The molecule has 0 saturated heterocycles. The zero-order valence-electron chi connectivity index (χ0n) is 12.5. The summed E-state index contributed by atoms with van der Waals surface area (Å²) >= 11 is 0. The molecule has 0 fully saturated rings. The van der Waals surface area contributed by atoms with Crippen LogP contribution < -0.4 is 0 Å². The Morgan fingerprint density at radius 1 is 1.14 bits per heavy atom. The Hall–Kier alpha value is -2.68. The van der Waals surface area contributed by atoms with Crippen LogP contribution >= 0.6 is 0 Å². The number of hydrogen-bond acceptors (Lipinski definition) is 2. The van der Waals surface area contributed by atoms with Crippen molar-refractivity contribution in [1.29, 1.82) is 0 Å². The summed E-state index contributed by atoms with van der Waals surface area (Å²) in [7, 11) is 0. The van der Waals surface area contributed by atoms with Gasteiger partial charge < -0.3 is 5.11 Å². The number of ketones is 1. The van der Waals surface area contributed by atoms with E-state index in [9.17, 15) is 14.7 Å². The van der Waals surface area contributed by atoms with Crippen LogP contribution in [-0.2, 0) is 6.42 Å². The van der Waals surface area contributed by atoms with Crippen LogP contribution in [0.15, 0.2) is 42.0 Å². The third kappa shape index (κ3) is 2.25. The molecular weight excluding hydrogens is 276 g/mol. The van der Waals surface area contributed by atoms with Crippen molar-refractivity contribution in [3.63, 3.8) is 0 Å². The minimum atomic E-state index is -0.984. The molecule has 3 rings (SSSR count). The molecule has 1 aliphatic rings. The minimum Gasteiger partial charge on any atom is -0.478 e. The third-order valence-corrected chi connectivity index (χ3v) is 4.24. The van der Waals surface area contributed by atoms with E-state index in [1.165, 1.54) is 0 Å². The summed E-state index contributed by atoms with van der Waals surface area (Å²) in [6.45, 7) is 3.95. The lowest BCUT2D eigenvalue weighted by Gasteiger charge is -2.05. The van der Waals surface area contributed by atoms with Gasteiger partial charge in [-0.2, -0.15) is 0 Å². The summed E-state index contributed by atoms with van der Waals surface area (Å²) in [5.41, 5.74) is 5.34. The van der Waals surface area contributed by atoms with Gasteiger partial charge in [-0.3, -0.25) is 4.79 Å². The van der Waals surface area contributed by atoms with Gasteiger partial charge in [-0.1, -0.05) is 30.3 Å². The van der Waals surface area contributed by atoms with Crippen molar-refractivity contribution in [2.75, 3.05) is 0 Å². The zero-order chi connectivity index (χ0) is 15.9. The number of carbonyl (C=O) groups excluding carboxylic acids is 1. The van der Waals surface area contributed by atoms with Crippen molar-refractivity contribution in [1.82, 2.24) is 0 Å². The van der Waals surface area contributed by atoms with Crippen molar-refractivity contribution in [3.05, 3.63) is 75.4 Å². The highest BCUT2D eigenvalue weighted by Crippen LogP contribution is 2.32. The quantitative estimate of drug-likeness (QED) is 0.856. The number of allylic oxidation sites excluding steroid dienone is 1.